The predicted molar refractivity (Wildman–Crippen MR) is 92.2 cm³/mol. The number of ether oxygens (including phenoxy) is 2. The Morgan fingerprint density at radius 2 is 2.19 bits per heavy atom. The standard InChI is InChI=1S/C19H17N3O4/c1-4-9-22-11(2)15(17(23)25-3)19(18(22)24)12-7-5-6-8-14(12)26-16(21)13(19)10-20/h4-8H,1,9,21H2,2-3H3/t19-/m0/s1. The minimum atomic E-state index is -1.70. The average Bonchev–Trinajstić information content (AvgIpc) is 2.84. The zero-order chi connectivity index (χ0) is 19.1. The van der Waals surface area contributed by atoms with Crippen LogP contribution < -0.4 is 10.5 Å². The van der Waals surface area contributed by atoms with Crippen molar-refractivity contribution in [3.05, 3.63) is 65.2 Å². The van der Waals surface area contributed by atoms with E-state index in [1.165, 1.54) is 12.0 Å². The first-order valence-electron chi connectivity index (χ1n) is 7.85. The molecule has 7 nitrogen and oxygen atoms in total. The Morgan fingerprint density at radius 1 is 1.50 bits per heavy atom. The largest absolute Gasteiger partial charge is 0.466 e. The first-order valence-corrected chi connectivity index (χ1v) is 7.85. The van der Waals surface area contributed by atoms with E-state index >= 15 is 0 Å². The molecule has 2 aliphatic heterocycles. The highest BCUT2D eigenvalue weighted by atomic mass is 16.5. The fraction of sp³-hybridized carbons (Fsp3) is 0.211. The summed E-state index contributed by atoms with van der Waals surface area (Å²) in [6, 6.07) is 8.66. The Labute approximate surface area is 150 Å². The number of methoxy groups -OCH3 is 1. The van der Waals surface area contributed by atoms with Crippen LogP contribution in [0.4, 0.5) is 0 Å². The molecular weight excluding hydrogens is 334 g/mol. The van der Waals surface area contributed by atoms with Gasteiger partial charge in [0.2, 0.25) is 11.8 Å². The summed E-state index contributed by atoms with van der Waals surface area (Å²) in [7, 11) is 1.22. The van der Waals surface area contributed by atoms with E-state index in [2.05, 4.69) is 6.58 Å². The second-order valence-electron chi connectivity index (χ2n) is 5.86. The van der Waals surface area contributed by atoms with Gasteiger partial charge in [-0.3, -0.25) is 4.79 Å². The minimum Gasteiger partial charge on any atom is -0.466 e. The minimum absolute atomic E-state index is 0.0575. The van der Waals surface area contributed by atoms with E-state index in [-0.39, 0.29) is 23.6 Å². The zero-order valence-electron chi connectivity index (χ0n) is 14.4. The number of benzene rings is 1. The molecule has 1 aromatic carbocycles. The second kappa shape index (κ2) is 6.08. The molecule has 0 unspecified atom stereocenters. The maximum absolute atomic E-state index is 13.5. The first kappa shape index (κ1) is 17.3. The van der Waals surface area contributed by atoms with Gasteiger partial charge in [-0.2, -0.15) is 5.26 Å². The van der Waals surface area contributed by atoms with Gasteiger partial charge in [0, 0.05) is 17.8 Å². The number of allylic oxidation sites excluding steroid dienone is 1. The number of hydrogen-bond donors (Lipinski definition) is 1. The van der Waals surface area contributed by atoms with E-state index in [0.29, 0.717) is 17.0 Å². The van der Waals surface area contributed by atoms with Crippen LogP contribution in [0.3, 0.4) is 0 Å². The van der Waals surface area contributed by atoms with Crippen molar-refractivity contribution >= 4 is 11.9 Å². The molecule has 3 rings (SSSR count). The van der Waals surface area contributed by atoms with Gasteiger partial charge in [0.15, 0.2) is 5.41 Å². The number of nitrogens with zero attached hydrogens (tertiary/aromatic N) is 2. The highest BCUT2D eigenvalue weighted by molar-refractivity contribution is 6.12. The number of para-hydroxylation sites is 1. The lowest BCUT2D eigenvalue weighted by molar-refractivity contribution is -0.138. The van der Waals surface area contributed by atoms with Crippen molar-refractivity contribution in [1.29, 1.82) is 5.26 Å². The molecule has 26 heavy (non-hydrogen) atoms. The molecule has 0 saturated carbocycles. The van der Waals surface area contributed by atoms with Crippen LogP contribution in [0.25, 0.3) is 0 Å². The molecule has 2 N–H and O–H groups in total. The topological polar surface area (TPSA) is 106 Å². The highest BCUT2D eigenvalue weighted by Gasteiger charge is 2.61. The molecule has 132 valence electrons. The van der Waals surface area contributed by atoms with Crippen LogP contribution >= 0.6 is 0 Å². The van der Waals surface area contributed by atoms with E-state index < -0.39 is 17.3 Å². The summed E-state index contributed by atoms with van der Waals surface area (Å²) in [6.45, 7) is 5.46. The Kier molecular flexibility index (Phi) is 4.04. The van der Waals surface area contributed by atoms with Gasteiger partial charge in [0.25, 0.3) is 0 Å². The van der Waals surface area contributed by atoms with Gasteiger partial charge >= 0.3 is 5.97 Å². The van der Waals surface area contributed by atoms with Crippen LogP contribution in [-0.4, -0.2) is 30.4 Å². The number of hydrogen-bond acceptors (Lipinski definition) is 6. The second-order valence-corrected chi connectivity index (χ2v) is 5.86. The van der Waals surface area contributed by atoms with E-state index in [4.69, 9.17) is 15.2 Å². The first-order chi connectivity index (χ1) is 12.4. The third-order valence-corrected chi connectivity index (χ3v) is 4.65. The van der Waals surface area contributed by atoms with Crippen LogP contribution in [0.2, 0.25) is 0 Å². The Morgan fingerprint density at radius 3 is 2.81 bits per heavy atom. The molecule has 1 aromatic rings. The summed E-state index contributed by atoms with van der Waals surface area (Å²) < 4.78 is 10.5. The lowest BCUT2D eigenvalue weighted by Crippen LogP contribution is -2.47. The predicted octanol–water partition coefficient (Wildman–Crippen LogP) is 1.49. The van der Waals surface area contributed by atoms with Crippen molar-refractivity contribution in [3.63, 3.8) is 0 Å². The molecule has 7 heteroatoms. The van der Waals surface area contributed by atoms with Crippen LogP contribution in [-0.2, 0) is 19.7 Å². The lowest BCUT2D eigenvalue weighted by Gasteiger charge is -2.35. The normalized spacial score (nSPS) is 21.4. The lowest BCUT2D eigenvalue weighted by atomic mass is 9.68. The summed E-state index contributed by atoms with van der Waals surface area (Å²) in [6.07, 6.45) is 1.54. The van der Waals surface area contributed by atoms with Gasteiger partial charge in [0.05, 0.1) is 12.7 Å². The average molecular weight is 351 g/mol. The van der Waals surface area contributed by atoms with E-state index in [1.807, 2.05) is 6.07 Å². The third-order valence-electron chi connectivity index (χ3n) is 4.65. The van der Waals surface area contributed by atoms with Gasteiger partial charge in [-0.05, 0) is 13.0 Å². The van der Waals surface area contributed by atoms with Gasteiger partial charge in [-0.1, -0.05) is 24.3 Å². The van der Waals surface area contributed by atoms with Gasteiger partial charge in [0.1, 0.15) is 17.4 Å². The fourth-order valence-electron chi connectivity index (χ4n) is 3.59. The molecule has 1 amide bonds. The van der Waals surface area contributed by atoms with Crippen LogP contribution in [0, 0.1) is 11.3 Å². The summed E-state index contributed by atoms with van der Waals surface area (Å²) in [5.74, 6) is -1.08. The maximum Gasteiger partial charge on any atom is 0.337 e. The molecule has 2 heterocycles. The number of carbonyl (C=O) groups is 2. The van der Waals surface area contributed by atoms with Gasteiger partial charge in [-0.15, -0.1) is 6.58 Å². The smallest absolute Gasteiger partial charge is 0.337 e. The van der Waals surface area contributed by atoms with Crippen molar-refractivity contribution in [3.8, 4) is 11.8 Å². The van der Waals surface area contributed by atoms with Crippen molar-refractivity contribution in [2.45, 2.75) is 12.3 Å². The molecule has 1 atom stereocenters. The van der Waals surface area contributed by atoms with Gasteiger partial charge < -0.3 is 20.1 Å². The summed E-state index contributed by atoms with van der Waals surface area (Å²) >= 11 is 0. The molecular formula is C19H17N3O4. The quantitative estimate of drug-likeness (QED) is 0.653. The SMILES string of the molecule is C=CCN1C(=O)[C@@]2(C(C#N)=C(N)Oc3ccccc32)C(C(=O)OC)=C1C. The molecule has 0 aliphatic carbocycles. The number of amides is 1. The molecule has 0 aromatic heterocycles. The third kappa shape index (κ3) is 1.99. The van der Waals surface area contributed by atoms with Crippen molar-refractivity contribution in [2.24, 2.45) is 5.73 Å². The maximum atomic E-state index is 13.5. The molecule has 0 fully saturated rings. The number of carbonyl (C=O) groups excluding carboxylic acids is 2. The molecule has 0 radical (unpaired) electrons. The molecule has 1 spiro atoms. The Hall–Kier alpha value is -3.53. The van der Waals surface area contributed by atoms with Crippen molar-refractivity contribution < 1.29 is 19.1 Å². The monoisotopic (exact) mass is 351 g/mol. The number of nitriles is 1. The van der Waals surface area contributed by atoms with E-state index in [1.54, 1.807) is 37.3 Å². The number of fused-ring (bicyclic) bond motifs is 2. The van der Waals surface area contributed by atoms with Crippen molar-refractivity contribution in [2.75, 3.05) is 13.7 Å². The summed E-state index contributed by atoms with van der Waals surface area (Å²) in [5.41, 5.74) is 4.95. The molecule has 0 bridgehead atoms. The zero-order valence-corrected chi connectivity index (χ0v) is 14.4. The summed E-state index contributed by atoms with van der Waals surface area (Å²) in [5, 5.41) is 9.77. The Bertz CT molecular complexity index is 938. The Balaban J connectivity index is 2.46. The fourth-order valence-corrected chi connectivity index (χ4v) is 3.59. The highest BCUT2D eigenvalue weighted by Crippen LogP contribution is 2.53. The summed E-state index contributed by atoms with van der Waals surface area (Å²) in [4.78, 5) is 27.6. The van der Waals surface area contributed by atoms with Crippen LogP contribution in [0.15, 0.2) is 59.6 Å². The van der Waals surface area contributed by atoms with E-state index in [9.17, 15) is 14.9 Å². The van der Waals surface area contributed by atoms with Crippen LogP contribution in [0.5, 0.6) is 5.75 Å². The van der Waals surface area contributed by atoms with E-state index in [0.717, 1.165) is 0 Å². The molecule has 0 saturated heterocycles. The van der Waals surface area contributed by atoms with Crippen LogP contribution in [0.1, 0.15) is 12.5 Å². The van der Waals surface area contributed by atoms with Gasteiger partial charge in [-0.25, -0.2) is 4.79 Å². The van der Waals surface area contributed by atoms with Crippen molar-refractivity contribution in [1.82, 2.24) is 4.90 Å². The molecule has 2 aliphatic rings. The number of nitrogens with two attached hydrogens (primary N) is 1. The number of rotatable bonds is 3. The number of esters is 1.